The Morgan fingerprint density at radius 1 is 0.848 bits per heavy atom. The Morgan fingerprint density at radius 3 is 1.94 bits per heavy atom. The minimum atomic E-state index is -0.228. The third-order valence-electron chi connectivity index (χ3n) is 4.88. The summed E-state index contributed by atoms with van der Waals surface area (Å²) in [7, 11) is 0. The van der Waals surface area contributed by atoms with Crippen LogP contribution in [0.15, 0.2) is 60.7 Å². The number of hydrogen-bond donors (Lipinski definition) is 1. The third kappa shape index (κ3) is 5.68. The number of halogens is 4. The van der Waals surface area contributed by atoms with Gasteiger partial charge < -0.3 is 5.32 Å². The first-order valence-corrected chi connectivity index (χ1v) is 11.5. The summed E-state index contributed by atoms with van der Waals surface area (Å²) in [5, 5.41) is 13.8. The van der Waals surface area contributed by atoms with Crippen LogP contribution >= 0.6 is 46.4 Å². The van der Waals surface area contributed by atoms with E-state index in [1.807, 2.05) is 31.2 Å². The highest BCUT2D eigenvalue weighted by Gasteiger charge is 2.21. The molecule has 1 aromatic heterocycles. The summed E-state index contributed by atoms with van der Waals surface area (Å²) in [6, 6.07) is 18.1. The van der Waals surface area contributed by atoms with Gasteiger partial charge >= 0.3 is 0 Å². The van der Waals surface area contributed by atoms with Gasteiger partial charge in [0.1, 0.15) is 17.9 Å². The maximum atomic E-state index is 12.6. The number of nitrogens with one attached hydrogen (secondary N) is 1. The molecule has 4 rings (SSSR count). The Hall–Kier alpha value is -2.57. The number of nitrogens with zero attached hydrogens (tertiary/aromatic N) is 3. The molecule has 0 aliphatic heterocycles. The number of carbonyl (C=O) groups excluding carboxylic acids is 1. The molecular formula is C24H18Cl4N4O. The highest BCUT2D eigenvalue weighted by atomic mass is 35.5. The zero-order chi connectivity index (χ0) is 23.5. The van der Waals surface area contributed by atoms with Crippen LogP contribution in [-0.2, 0) is 17.9 Å². The van der Waals surface area contributed by atoms with E-state index in [4.69, 9.17) is 46.4 Å². The summed E-state index contributed by atoms with van der Waals surface area (Å²) in [6.45, 7) is 2.34. The summed E-state index contributed by atoms with van der Waals surface area (Å²) in [6.07, 6.45) is 0. The van der Waals surface area contributed by atoms with Crippen molar-refractivity contribution in [2.45, 2.75) is 20.0 Å². The Kier molecular flexibility index (Phi) is 7.25. The molecule has 5 nitrogen and oxygen atoms in total. The zero-order valence-electron chi connectivity index (χ0n) is 17.4. The Bertz CT molecular complexity index is 1270. The van der Waals surface area contributed by atoms with E-state index in [-0.39, 0.29) is 12.5 Å². The molecule has 0 fully saturated rings. The van der Waals surface area contributed by atoms with Crippen LogP contribution in [0, 0.1) is 6.92 Å². The molecule has 0 spiro atoms. The van der Waals surface area contributed by atoms with Gasteiger partial charge in [0.2, 0.25) is 5.91 Å². The smallest absolute Gasteiger partial charge is 0.243 e. The Labute approximate surface area is 211 Å². The third-order valence-corrected chi connectivity index (χ3v) is 5.98. The molecule has 0 bridgehead atoms. The summed E-state index contributed by atoms with van der Waals surface area (Å²) in [4.78, 5) is 13.9. The molecule has 0 radical (unpaired) electrons. The first-order valence-electron chi connectivity index (χ1n) is 9.98. The van der Waals surface area contributed by atoms with Crippen LogP contribution in [0.5, 0.6) is 0 Å². The normalized spacial score (nSPS) is 10.9. The molecule has 0 aliphatic rings. The van der Waals surface area contributed by atoms with Gasteiger partial charge in [-0.25, -0.2) is 0 Å². The van der Waals surface area contributed by atoms with E-state index in [2.05, 4.69) is 15.5 Å². The van der Waals surface area contributed by atoms with Crippen LogP contribution in [0.3, 0.4) is 0 Å². The highest BCUT2D eigenvalue weighted by molar-refractivity contribution is 6.37. The molecule has 1 N–H and O–H groups in total. The van der Waals surface area contributed by atoms with Crippen molar-refractivity contribution in [2.75, 3.05) is 0 Å². The van der Waals surface area contributed by atoms with E-state index < -0.39 is 0 Å². The largest absolute Gasteiger partial charge is 0.350 e. The van der Waals surface area contributed by atoms with E-state index in [9.17, 15) is 4.79 Å². The van der Waals surface area contributed by atoms with Crippen molar-refractivity contribution in [3.05, 3.63) is 91.9 Å². The number of amides is 1. The van der Waals surface area contributed by atoms with E-state index >= 15 is 0 Å². The first-order chi connectivity index (χ1) is 15.8. The van der Waals surface area contributed by atoms with Gasteiger partial charge in [-0.3, -0.25) is 4.79 Å². The second-order valence-electron chi connectivity index (χ2n) is 7.44. The SMILES string of the molecule is Cc1cccc(CNC(=O)Cn2nc(-c3ccc(Cl)cc3Cl)c(-c3ccc(Cl)cc3Cl)n2)c1. The van der Waals surface area contributed by atoms with Crippen molar-refractivity contribution < 1.29 is 4.79 Å². The van der Waals surface area contributed by atoms with Crippen molar-refractivity contribution in [3.8, 4) is 22.5 Å². The zero-order valence-corrected chi connectivity index (χ0v) is 20.5. The Balaban J connectivity index is 1.65. The lowest BCUT2D eigenvalue weighted by Gasteiger charge is -2.06. The van der Waals surface area contributed by atoms with Gasteiger partial charge in [-0.15, -0.1) is 0 Å². The number of aryl methyl sites for hydroxylation is 1. The van der Waals surface area contributed by atoms with Gasteiger partial charge in [0.05, 0.1) is 10.0 Å². The lowest BCUT2D eigenvalue weighted by atomic mass is 10.0. The second kappa shape index (κ2) is 10.1. The van der Waals surface area contributed by atoms with Crippen LogP contribution in [0.2, 0.25) is 20.1 Å². The molecule has 168 valence electrons. The molecule has 0 saturated heterocycles. The molecule has 0 unspecified atom stereocenters. The van der Waals surface area contributed by atoms with Gasteiger partial charge in [0, 0.05) is 27.7 Å². The fraction of sp³-hybridized carbons (Fsp3) is 0.125. The van der Waals surface area contributed by atoms with Crippen LogP contribution in [0.1, 0.15) is 11.1 Å². The molecule has 9 heteroatoms. The van der Waals surface area contributed by atoms with Crippen molar-refractivity contribution in [2.24, 2.45) is 0 Å². The van der Waals surface area contributed by atoms with Crippen molar-refractivity contribution in [1.82, 2.24) is 20.3 Å². The molecule has 33 heavy (non-hydrogen) atoms. The lowest BCUT2D eigenvalue weighted by Crippen LogP contribution is -2.28. The minimum absolute atomic E-state index is 0.0742. The van der Waals surface area contributed by atoms with Gasteiger partial charge in [0.25, 0.3) is 0 Å². The summed E-state index contributed by atoms with van der Waals surface area (Å²) in [5.41, 5.74) is 4.34. The Morgan fingerprint density at radius 2 is 1.42 bits per heavy atom. The molecule has 4 aromatic rings. The topological polar surface area (TPSA) is 59.8 Å². The fourth-order valence-corrected chi connectivity index (χ4v) is 4.35. The molecule has 0 atom stereocenters. The number of benzene rings is 3. The standard InChI is InChI=1S/C24H18Cl4N4O/c1-14-3-2-4-15(9-14)12-29-22(33)13-32-30-23(18-7-5-16(25)10-20(18)27)24(31-32)19-8-6-17(26)11-21(19)28/h2-11H,12-13H2,1H3,(H,29,33). The van der Waals surface area contributed by atoms with Gasteiger partial charge in [-0.1, -0.05) is 76.2 Å². The van der Waals surface area contributed by atoms with Crippen LogP contribution in [-0.4, -0.2) is 20.9 Å². The van der Waals surface area contributed by atoms with Crippen molar-refractivity contribution in [3.63, 3.8) is 0 Å². The molecule has 3 aromatic carbocycles. The summed E-state index contributed by atoms with van der Waals surface area (Å²) < 4.78 is 0. The maximum absolute atomic E-state index is 12.6. The monoisotopic (exact) mass is 518 g/mol. The highest BCUT2D eigenvalue weighted by Crippen LogP contribution is 2.38. The van der Waals surface area contributed by atoms with Gasteiger partial charge in [-0.2, -0.15) is 15.0 Å². The molecule has 1 amide bonds. The number of carbonyl (C=O) groups is 1. The van der Waals surface area contributed by atoms with E-state index in [0.29, 0.717) is 49.2 Å². The van der Waals surface area contributed by atoms with Crippen LogP contribution in [0.4, 0.5) is 0 Å². The maximum Gasteiger partial charge on any atom is 0.243 e. The molecular weight excluding hydrogens is 502 g/mol. The van der Waals surface area contributed by atoms with E-state index in [1.54, 1.807) is 36.4 Å². The van der Waals surface area contributed by atoms with Crippen LogP contribution in [0.25, 0.3) is 22.5 Å². The molecule has 0 aliphatic carbocycles. The quantitative estimate of drug-likeness (QED) is 0.303. The van der Waals surface area contributed by atoms with Gasteiger partial charge in [-0.05, 0) is 48.9 Å². The predicted molar refractivity (Wildman–Crippen MR) is 134 cm³/mol. The fourth-order valence-electron chi connectivity index (χ4n) is 3.35. The molecule has 0 saturated carbocycles. The number of rotatable bonds is 6. The number of hydrogen-bond acceptors (Lipinski definition) is 3. The van der Waals surface area contributed by atoms with Crippen molar-refractivity contribution in [1.29, 1.82) is 0 Å². The average molecular weight is 520 g/mol. The molecule has 1 heterocycles. The van der Waals surface area contributed by atoms with Crippen molar-refractivity contribution >= 4 is 52.3 Å². The lowest BCUT2D eigenvalue weighted by molar-refractivity contribution is -0.122. The number of aromatic nitrogens is 3. The van der Waals surface area contributed by atoms with E-state index in [1.165, 1.54) is 4.80 Å². The summed E-state index contributed by atoms with van der Waals surface area (Å²) >= 11 is 25.0. The average Bonchev–Trinajstić information content (AvgIpc) is 3.15. The van der Waals surface area contributed by atoms with Gasteiger partial charge in [0.15, 0.2) is 0 Å². The first kappa shape index (κ1) is 23.6. The van der Waals surface area contributed by atoms with E-state index in [0.717, 1.165) is 11.1 Å². The summed E-state index contributed by atoms with van der Waals surface area (Å²) in [5.74, 6) is -0.228. The van der Waals surface area contributed by atoms with Crippen LogP contribution < -0.4 is 5.32 Å². The predicted octanol–water partition coefficient (Wildman–Crippen LogP) is 6.85. The minimum Gasteiger partial charge on any atom is -0.350 e. The second-order valence-corrected chi connectivity index (χ2v) is 9.13.